The molecule has 0 radical (unpaired) electrons. The molecule has 2 aromatic carbocycles. The van der Waals surface area contributed by atoms with Crippen LogP contribution in [0.4, 0.5) is 13.2 Å². The first kappa shape index (κ1) is 17.8. The average molecular weight is 339 g/mol. The second-order valence-corrected chi connectivity index (χ2v) is 5.05. The second-order valence-electron chi connectivity index (χ2n) is 5.05. The predicted octanol–water partition coefficient (Wildman–Crippen LogP) is 2.72. The van der Waals surface area contributed by atoms with Crippen LogP contribution in [-0.4, -0.2) is 24.2 Å². The van der Waals surface area contributed by atoms with Crippen LogP contribution in [0, 0.1) is 17.5 Å². The molecule has 0 spiro atoms. The lowest BCUT2D eigenvalue weighted by atomic mass is 10.1. The number of carbonyl (C=O) groups excluding carboxylic acids is 1. The maximum atomic E-state index is 13.0. The third-order valence-corrected chi connectivity index (χ3v) is 3.20. The SMILES string of the molecule is O=C(CC(O)c1cccc(F)c1)NCCOc1ccc(F)c(F)c1. The van der Waals surface area contributed by atoms with Crippen molar-refractivity contribution in [1.29, 1.82) is 0 Å². The fraction of sp³-hybridized carbons (Fsp3) is 0.235. The minimum atomic E-state index is -1.12. The fourth-order valence-electron chi connectivity index (χ4n) is 2.01. The third kappa shape index (κ3) is 5.27. The molecule has 0 bridgehead atoms. The smallest absolute Gasteiger partial charge is 0.223 e. The minimum absolute atomic E-state index is 0.0485. The quantitative estimate of drug-likeness (QED) is 0.763. The van der Waals surface area contributed by atoms with E-state index in [4.69, 9.17) is 4.74 Å². The first-order valence-corrected chi connectivity index (χ1v) is 7.24. The van der Waals surface area contributed by atoms with Crippen LogP contribution >= 0.6 is 0 Å². The Bertz CT molecular complexity index is 709. The molecule has 0 aliphatic carbocycles. The molecule has 0 aliphatic heterocycles. The summed E-state index contributed by atoms with van der Waals surface area (Å²) < 4.78 is 43.9. The lowest BCUT2D eigenvalue weighted by molar-refractivity contribution is -0.123. The Hall–Kier alpha value is -2.54. The van der Waals surface area contributed by atoms with Gasteiger partial charge in [0.1, 0.15) is 18.2 Å². The number of aliphatic hydroxyl groups is 1. The fourth-order valence-corrected chi connectivity index (χ4v) is 2.01. The molecular formula is C17H16F3NO3. The number of benzene rings is 2. The van der Waals surface area contributed by atoms with Crippen LogP contribution in [0.2, 0.25) is 0 Å². The molecular weight excluding hydrogens is 323 g/mol. The van der Waals surface area contributed by atoms with Gasteiger partial charge in [-0.05, 0) is 29.8 Å². The number of halogens is 3. The number of nitrogens with one attached hydrogen (secondary N) is 1. The highest BCUT2D eigenvalue weighted by atomic mass is 19.2. The third-order valence-electron chi connectivity index (χ3n) is 3.20. The van der Waals surface area contributed by atoms with E-state index in [0.717, 1.165) is 18.2 Å². The summed E-state index contributed by atoms with van der Waals surface area (Å²) in [6.45, 7) is 0.167. The van der Waals surface area contributed by atoms with E-state index in [1.54, 1.807) is 0 Å². The molecule has 7 heteroatoms. The van der Waals surface area contributed by atoms with Crippen molar-refractivity contribution >= 4 is 5.91 Å². The first-order chi connectivity index (χ1) is 11.5. The summed E-state index contributed by atoms with van der Waals surface area (Å²) in [4.78, 5) is 11.7. The Kier molecular flexibility index (Phi) is 6.20. The summed E-state index contributed by atoms with van der Waals surface area (Å²) >= 11 is 0. The minimum Gasteiger partial charge on any atom is -0.492 e. The van der Waals surface area contributed by atoms with Gasteiger partial charge in [0, 0.05) is 6.07 Å². The van der Waals surface area contributed by atoms with Gasteiger partial charge in [0.25, 0.3) is 0 Å². The molecule has 4 nitrogen and oxygen atoms in total. The zero-order valence-corrected chi connectivity index (χ0v) is 12.6. The molecule has 0 saturated heterocycles. The van der Waals surface area contributed by atoms with E-state index in [2.05, 4.69) is 5.32 Å². The van der Waals surface area contributed by atoms with Crippen molar-refractivity contribution in [2.75, 3.05) is 13.2 Å². The number of amides is 1. The Labute approximate surface area is 136 Å². The van der Waals surface area contributed by atoms with Crippen LogP contribution < -0.4 is 10.1 Å². The number of hydrogen-bond acceptors (Lipinski definition) is 3. The lowest BCUT2D eigenvalue weighted by Gasteiger charge is -2.12. The molecule has 1 atom stereocenters. The van der Waals surface area contributed by atoms with Gasteiger partial charge in [0.15, 0.2) is 11.6 Å². The van der Waals surface area contributed by atoms with Gasteiger partial charge >= 0.3 is 0 Å². The highest BCUT2D eigenvalue weighted by Gasteiger charge is 2.13. The zero-order valence-electron chi connectivity index (χ0n) is 12.6. The predicted molar refractivity (Wildman–Crippen MR) is 80.8 cm³/mol. The van der Waals surface area contributed by atoms with E-state index in [1.807, 2.05) is 0 Å². The van der Waals surface area contributed by atoms with Gasteiger partial charge in [0.2, 0.25) is 5.91 Å². The zero-order chi connectivity index (χ0) is 17.5. The molecule has 24 heavy (non-hydrogen) atoms. The van der Waals surface area contributed by atoms with Crippen LogP contribution in [0.5, 0.6) is 5.75 Å². The van der Waals surface area contributed by atoms with E-state index in [9.17, 15) is 23.1 Å². The van der Waals surface area contributed by atoms with Crippen LogP contribution in [-0.2, 0) is 4.79 Å². The number of carbonyl (C=O) groups is 1. The van der Waals surface area contributed by atoms with Crippen molar-refractivity contribution in [1.82, 2.24) is 5.32 Å². The number of ether oxygens (including phenoxy) is 1. The van der Waals surface area contributed by atoms with Crippen molar-refractivity contribution < 1.29 is 27.8 Å². The van der Waals surface area contributed by atoms with E-state index in [0.29, 0.717) is 5.56 Å². The maximum absolute atomic E-state index is 13.0. The topological polar surface area (TPSA) is 58.6 Å². The molecule has 2 aromatic rings. The molecule has 0 aliphatic rings. The van der Waals surface area contributed by atoms with Gasteiger partial charge in [-0.15, -0.1) is 0 Å². The van der Waals surface area contributed by atoms with E-state index >= 15 is 0 Å². The normalized spacial score (nSPS) is 11.8. The van der Waals surface area contributed by atoms with E-state index in [-0.39, 0.29) is 25.3 Å². The van der Waals surface area contributed by atoms with Crippen molar-refractivity contribution in [3.05, 3.63) is 65.5 Å². The largest absolute Gasteiger partial charge is 0.492 e. The molecule has 0 heterocycles. The van der Waals surface area contributed by atoms with Gasteiger partial charge < -0.3 is 15.2 Å². The van der Waals surface area contributed by atoms with Crippen LogP contribution in [0.3, 0.4) is 0 Å². The van der Waals surface area contributed by atoms with Crippen molar-refractivity contribution in [3.8, 4) is 5.75 Å². The molecule has 1 unspecified atom stereocenters. The van der Waals surface area contributed by atoms with Gasteiger partial charge in [-0.25, -0.2) is 13.2 Å². The van der Waals surface area contributed by atoms with Gasteiger partial charge in [-0.2, -0.15) is 0 Å². The van der Waals surface area contributed by atoms with Gasteiger partial charge in [0.05, 0.1) is 19.1 Å². The number of rotatable bonds is 7. The van der Waals surface area contributed by atoms with E-state index < -0.39 is 29.5 Å². The van der Waals surface area contributed by atoms with Crippen molar-refractivity contribution in [3.63, 3.8) is 0 Å². The summed E-state index contributed by atoms with van der Waals surface area (Å²) in [6, 6.07) is 8.49. The number of aliphatic hydroxyl groups excluding tert-OH is 1. The number of hydrogen-bond donors (Lipinski definition) is 2. The van der Waals surface area contributed by atoms with Gasteiger partial charge in [-0.1, -0.05) is 12.1 Å². The molecule has 0 saturated carbocycles. The maximum Gasteiger partial charge on any atom is 0.223 e. The standard InChI is InChI=1S/C17H16F3NO3/c18-12-3-1-2-11(8-12)16(22)10-17(23)21-6-7-24-13-4-5-14(19)15(20)9-13/h1-5,8-9,16,22H,6-7,10H2,(H,21,23). The summed E-state index contributed by atoms with van der Waals surface area (Å²) in [5.74, 6) is -2.78. The summed E-state index contributed by atoms with van der Waals surface area (Å²) in [7, 11) is 0. The highest BCUT2D eigenvalue weighted by Crippen LogP contribution is 2.17. The molecule has 2 rings (SSSR count). The highest BCUT2D eigenvalue weighted by molar-refractivity contribution is 5.76. The van der Waals surface area contributed by atoms with Gasteiger partial charge in [-0.3, -0.25) is 4.79 Å². The monoisotopic (exact) mass is 339 g/mol. The molecule has 2 N–H and O–H groups in total. The average Bonchev–Trinajstić information content (AvgIpc) is 2.55. The second kappa shape index (κ2) is 8.35. The summed E-state index contributed by atoms with van der Waals surface area (Å²) in [6.07, 6.45) is -1.35. The molecule has 128 valence electrons. The summed E-state index contributed by atoms with van der Waals surface area (Å²) in [5, 5.41) is 12.4. The Morgan fingerprint density at radius 2 is 1.92 bits per heavy atom. The van der Waals surface area contributed by atoms with Crippen molar-refractivity contribution in [2.24, 2.45) is 0 Å². The molecule has 0 aromatic heterocycles. The summed E-state index contributed by atoms with van der Waals surface area (Å²) in [5.41, 5.74) is 0.309. The molecule has 0 fully saturated rings. The van der Waals surface area contributed by atoms with E-state index in [1.165, 1.54) is 24.3 Å². The van der Waals surface area contributed by atoms with Crippen LogP contribution in [0.15, 0.2) is 42.5 Å². The van der Waals surface area contributed by atoms with Crippen molar-refractivity contribution in [2.45, 2.75) is 12.5 Å². The Balaban J connectivity index is 1.72. The lowest BCUT2D eigenvalue weighted by Crippen LogP contribution is -2.29. The first-order valence-electron chi connectivity index (χ1n) is 7.24. The van der Waals surface area contributed by atoms with Crippen LogP contribution in [0.1, 0.15) is 18.1 Å². The van der Waals surface area contributed by atoms with Crippen LogP contribution in [0.25, 0.3) is 0 Å². The molecule has 1 amide bonds. The Morgan fingerprint density at radius 3 is 2.62 bits per heavy atom. The Morgan fingerprint density at radius 1 is 1.12 bits per heavy atom.